The third kappa shape index (κ3) is 3.55. The van der Waals surface area contributed by atoms with Gasteiger partial charge in [0, 0.05) is 18.0 Å². The molecule has 0 aliphatic carbocycles. The second-order valence-electron chi connectivity index (χ2n) is 5.03. The minimum Gasteiger partial charge on any atom is -0.489 e. The molecule has 0 radical (unpaired) electrons. The number of nitrogens with zero attached hydrogens (tertiary/aromatic N) is 1. The van der Waals surface area contributed by atoms with Gasteiger partial charge in [-0.1, -0.05) is 36.4 Å². The molecule has 23 heavy (non-hydrogen) atoms. The van der Waals surface area contributed by atoms with E-state index in [1.165, 1.54) is 0 Å². The molecule has 3 rings (SSSR count). The van der Waals surface area contributed by atoms with Crippen LogP contribution in [0.3, 0.4) is 0 Å². The second kappa shape index (κ2) is 6.75. The van der Waals surface area contributed by atoms with Crippen molar-refractivity contribution in [1.82, 2.24) is 4.98 Å². The molecular weight excluding hydrogens is 290 g/mol. The maximum atomic E-state index is 11.4. The first kappa shape index (κ1) is 14.8. The van der Waals surface area contributed by atoms with Gasteiger partial charge < -0.3 is 9.84 Å². The van der Waals surface area contributed by atoms with E-state index in [1.54, 1.807) is 30.6 Å². The maximum Gasteiger partial charge on any atom is 0.336 e. The Balaban J connectivity index is 1.90. The molecular formula is C19H15NO3. The number of carboxylic acid groups (broad SMARTS) is 1. The van der Waals surface area contributed by atoms with Crippen LogP contribution in [0.1, 0.15) is 15.9 Å². The summed E-state index contributed by atoms with van der Waals surface area (Å²) in [5, 5.41) is 9.38. The lowest BCUT2D eigenvalue weighted by Gasteiger charge is -2.11. The van der Waals surface area contributed by atoms with Gasteiger partial charge in [-0.05, 0) is 35.4 Å². The van der Waals surface area contributed by atoms with E-state index in [9.17, 15) is 9.90 Å². The van der Waals surface area contributed by atoms with Gasteiger partial charge in [0.15, 0.2) is 0 Å². The smallest absolute Gasteiger partial charge is 0.336 e. The average molecular weight is 305 g/mol. The monoisotopic (exact) mass is 305 g/mol. The SMILES string of the molecule is O=C(O)c1ccc(OCc2cccnc2)cc1-c1ccccc1. The van der Waals surface area contributed by atoms with Crippen molar-refractivity contribution in [2.24, 2.45) is 0 Å². The quantitative estimate of drug-likeness (QED) is 0.773. The van der Waals surface area contributed by atoms with Crippen LogP contribution in [0.25, 0.3) is 11.1 Å². The summed E-state index contributed by atoms with van der Waals surface area (Å²) in [7, 11) is 0. The molecule has 4 nitrogen and oxygen atoms in total. The summed E-state index contributed by atoms with van der Waals surface area (Å²) in [5.74, 6) is -0.333. The first-order valence-electron chi connectivity index (χ1n) is 7.18. The van der Waals surface area contributed by atoms with Crippen molar-refractivity contribution in [2.45, 2.75) is 6.61 Å². The molecule has 0 bridgehead atoms. The van der Waals surface area contributed by atoms with Crippen molar-refractivity contribution >= 4 is 5.97 Å². The largest absolute Gasteiger partial charge is 0.489 e. The number of rotatable bonds is 5. The molecule has 1 aromatic heterocycles. The number of carboxylic acids is 1. The highest BCUT2D eigenvalue weighted by molar-refractivity contribution is 5.96. The third-order valence-electron chi connectivity index (χ3n) is 3.43. The first-order valence-corrected chi connectivity index (χ1v) is 7.18. The Morgan fingerprint density at radius 3 is 2.57 bits per heavy atom. The molecule has 1 heterocycles. The molecule has 0 atom stereocenters. The van der Waals surface area contributed by atoms with Crippen molar-refractivity contribution in [2.75, 3.05) is 0 Å². The van der Waals surface area contributed by atoms with Gasteiger partial charge in [-0.15, -0.1) is 0 Å². The predicted molar refractivity (Wildman–Crippen MR) is 87.4 cm³/mol. The van der Waals surface area contributed by atoms with Gasteiger partial charge in [-0.3, -0.25) is 4.98 Å². The van der Waals surface area contributed by atoms with Gasteiger partial charge in [-0.25, -0.2) is 4.79 Å². The van der Waals surface area contributed by atoms with E-state index in [0.29, 0.717) is 17.9 Å². The van der Waals surface area contributed by atoms with Crippen molar-refractivity contribution in [3.05, 3.63) is 84.2 Å². The highest BCUT2D eigenvalue weighted by atomic mass is 16.5. The standard InChI is InChI=1S/C19H15NO3/c21-19(22)17-9-8-16(23-13-14-5-4-10-20-12-14)11-18(17)15-6-2-1-3-7-15/h1-12H,13H2,(H,21,22). The number of hydrogen-bond donors (Lipinski definition) is 1. The first-order chi connectivity index (χ1) is 11.2. The predicted octanol–water partition coefficient (Wildman–Crippen LogP) is 4.03. The van der Waals surface area contributed by atoms with E-state index in [-0.39, 0.29) is 5.56 Å². The van der Waals surface area contributed by atoms with Crippen molar-refractivity contribution in [3.63, 3.8) is 0 Å². The third-order valence-corrected chi connectivity index (χ3v) is 3.43. The number of ether oxygens (including phenoxy) is 1. The minimum absolute atomic E-state index is 0.255. The second-order valence-corrected chi connectivity index (χ2v) is 5.03. The Bertz CT molecular complexity index is 801. The Kier molecular flexibility index (Phi) is 4.34. The summed E-state index contributed by atoms with van der Waals surface area (Å²) in [5.41, 5.74) is 2.69. The molecule has 0 saturated carbocycles. The zero-order valence-corrected chi connectivity index (χ0v) is 12.3. The number of aromatic nitrogens is 1. The molecule has 0 aliphatic heterocycles. The summed E-state index contributed by atoms with van der Waals surface area (Å²) < 4.78 is 5.76. The molecule has 2 aromatic carbocycles. The highest BCUT2D eigenvalue weighted by Crippen LogP contribution is 2.28. The Morgan fingerprint density at radius 1 is 1.04 bits per heavy atom. The van der Waals surface area contributed by atoms with Crippen LogP contribution in [-0.4, -0.2) is 16.1 Å². The number of aromatic carboxylic acids is 1. The lowest BCUT2D eigenvalue weighted by atomic mass is 9.99. The molecule has 0 aliphatic rings. The number of carbonyl (C=O) groups is 1. The molecule has 0 spiro atoms. The van der Waals surface area contributed by atoms with Crippen molar-refractivity contribution in [3.8, 4) is 16.9 Å². The van der Waals surface area contributed by atoms with Gasteiger partial charge in [0.2, 0.25) is 0 Å². The van der Waals surface area contributed by atoms with Gasteiger partial charge >= 0.3 is 5.97 Å². The maximum absolute atomic E-state index is 11.4. The lowest BCUT2D eigenvalue weighted by Crippen LogP contribution is -2.01. The summed E-state index contributed by atoms with van der Waals surface area (Å²) in [6.45, 7) is 0.383. The van der Waals surface area contributed by atoms with Crippen LogP contribution in [0.2, 0.25) is 0 Å². The van der Waals surface area contributed by atoms with Crippen LogP contribution in [0.4, 0.5) is 0 Å². The summed E-state index contributed by atoms with van der Waals surface area (Å²) >= 11 is 0. The normalized spacial score (nSPS) is 10.3. The van der Waals surface area contributed by atoms with Gasteiger partial charge in [0.1, 0.15) is 12.4 Å². The Morgan fingerprint density at radius 2 is 1.87 bits per heavy atom. The van der Waals surface area contributed by atoms with Crippen LogP contribution < -0.4 is 4.74 Å². The van der Waals surface area contributed by atoms with E-state index >= 15 is 0 Å². The van der Waals surface area contributed by atoms with Crippen LogP contribution in [0.15, 0.2) is 73.1 Å². The number of pyridine rings is 1. The highest BCUT2D eigenvalue weighted by Gasteiger charge is 2.13. The topological polar surface area (TPSA) is 59.4 Å². The van der Waals surface area contributed by atoms with Crippen molar-refractivity contribution in [1.29, 1.82) is 0 Å². The molecule has 0 saturated heterocycles. The van der Waals surface area contributed by atoms with Gasteiger partial charge in [0.05, 0.1) is 5.56 Å². The van der Waals surface area contributed by atoms with E-state index in [0.717, 1.165) is 11.1 Å². The Labute approximate surface area is 134 Å². The van der Waals surface area contributed by atoms with Gasteiger partial charge in [-0.2, -0.15) is 0 Å². The molecule has 0 unspecified atom stereocenters. The Hall–Kier alpha value is -3.14. The van der Waals surface area contributed by atoms with Crippen LogP contribution >= 0.6 is 0 Å². The summed E-state index contributed by atoms with van der Waals surface area (Å²) in [6.07, 6.45) is 3.45. The van der Waals surface area contributed by atoms with E-state index < -0.39 is 5.97 Å². The average Bonchev–Trinajstić information content (AvgIpc) is 2.61. The van der Waals surface area contributed by atoms with Crippen molar-refractivity contribution < 1.29 is 14.6 Å². The fourth-order valence-corrected chi connectivity index (χ4v) is 2.31. The lowest BCUT2D eigenvalue weighted by molar-refractivity contribution is 0.0697. The van der Waals surface area contributed by atoms with E-state index in [1.807, 2.05) is 42.5 Å². The number of benzene rings is 2. The number of hydrogen-bond acceptors (Lipinski definition) is 3. The van der Waals surface area contributed by atoms with Crippen LogP contribution in [0, 0.1) is 0 Å². The molecule has 4 heteroatoms. The molecule has 3 aromatic rings. The zero-order chi connectivity index (χ0) is 16.1. The molecule has 0 fully saturated rings. The van der Waals surface area contributed by atoms with Crippen LogP contribution in [-0.2, 0) is 6.61 Å². The zero-order valence-electron chi connectivity index (χ0n) is 12.3. The van der Waals surface area contributed by atoms with E-state index in [4.69, 9.17) is 4.74 Å². The fraction of sp³-hybridized carbons (Fsp3) is 0.0526. The molecule has 114 valence electrons. The summed E-state index contributed by atoms with van der Waals surface area (Å²) in [4.78, 5) is 15.5. The van der Waals surface area contributed by atoms with Gasteiger partial charge in [0.25, 0.3) is 0 Å². The fourth-order valence-electron chi connectivity index (χ4n) is 2.31. The van der Waals surface area contributed by atoms with E-state index in [2.05, 4.69) is 4.98 Å². The minimum atomic E-state index is -0.956. The van der Waals surface area contributed by atoms with Crippen LogP contribution in [0.5, 0.6) is 5.75 Å². The molecule has 0 amide bonds. The molecule has 1 N–H and O–H groups in total. The summed E-state index contributed by atoms with van der Waals surface area (Å²) in [6, 6.07) is 18.2.